The number of amides is 1. The molecule has 0 unspecified atom stereocenters. The summed E-state index contributed by atoms with van der Waals surface area (Å²) in [6.45, 7) is 5.04. The zero-order valence-electron chi connectivity index (χ0n) is 13.8. The summed E-state index contributed by atoms with van der Waals surface area (Å²) >= 11 is 3.12. The van der Waals surface area contributed by atoms with E-state index in [-0.39, 0.29) is 22.6 Å². The summed E-state index contributed by atoms with van der Waals surface area (Å²) in [7, 11) is 0. The van der Waals surface area contributed by atoms with Crippen molar-refractivity contribution in [1.29, 1.82) is 0 Å². The number of hydrogen-bond acceptors (Lipinski definition) is 4. The molecule has 9 heteroatoms. The van der Waals surface area contributed by atoms with Gasteiger partial charge in [0.1, 0.15) is 18.0 Å². The van der Waals surface area contributed by atoms with Gasteiger partial charge in [0.05, 0.1) is 23.0 Å². The molecule has 2 aromatic rings. The fourth-order valence-corrected chi connectivity index (χ4v) is 3.30. The van der Waals surface area contributed by atoms with Gasteiger partial charge >= 0.3 is 0 Å². The molecule has 0 aliphatic carbocycles. The molecule has 0 atom stereocenters. The Hall–Kier alpha value is -1.74. The number of piperazine rings is 1. The lowest BCUT2D eigenvalue weighted by atomic mass is 10.3. The number of hydrogen-bond donors (Lipinski definition) is 0. The number of carbonyl (C=O) groups is 1. The van der Waals surface area contributed by atoms with Gasteiger partial charge in [0.2, 0.25) is 5.91 Å². The van der Waals surface area contributed by atoms with E-state index in [0.29, 0.717) is 18.8 Å². The third kappa shape index (κ3) is 4.09. The summed E-state index contributed by atoms with van der Waals surface area (Å²) in [5.74, 6) is 0.785. The van der Waals surface area contributed by atoms with Crippen molar-refractivity contribution >= 4 is 21.8 Å². The number of nitrogens with zero attached hydrogens (tertiary/aromatic N) is 4. The van der Waals surface area contributed by atoms with Crippen LogP contribution < -0.4 is 0 Å². The van der Waals surface area contributed by atoms with Crippen LogP contribution in [0.1, 0.15) is 23.6 Å². The summed E-state index contributed by atoms with van der Waals surface area (Å²) in [6, 6.07) is 3.78. The first-order valence-electron chi connectivity index (χ1n) is 7.99. The molecule has 1 fully saturated rings. The van der Waals surface area contributed by atoms with Crippen molar-refractivity contribution in [1.82, 2.24) is 19.6 Å². The average Bonchev–Trinajstić information content (AvgIpc) is 3.19. The molecule has 0 bridgehead atoms. The second-order valence-electron chi connectivity index (χ2n) is 5.98. The first-order valence-corrected chi connectivity index (χ1v) is 8.78. The lowest BCUT2D eigenvalue weighted by molar-refractivity contribution is -0.133. The van der Waals surface area contributed by atoms with Crippen LogP contribution in [0.4, 0.5) is 8.78 Å². The third-order valence-electron chi connectivity index (χ3n) is 4.33. The number of alkyl halides is 2. The molecule has 1 saturated heterocycles. The predicted octanol–water partition coefficient (Wildman–Crippen LogP) is 2.83. The number of rotatable bonds is 5. The van der Waals surface area contributed by atoms with E-state index in [0.717, 1.165) is 25.4 Å². The standard InChI is InChI=1S/C16H19BrF2N4O2/c1-11-14(17)15(16(18)19)20-23(11)10-13(24)22-6-4-21(5-7-22)9-12-3-2-8-25-12/h2-3,8,16H,4-7,9-10H2,1H3. The summed E-state index contributed by atoms with van der Waals surface area (Å²) in [5, 5.41) is 3.86. The Morgan fingerprint density at radius 1 is 1.36 bits per heavy atom. The van der Waals surface area contributed by atoms with Gasteiger partial charge in [0.25, 0.3) is 6.43 Å². The van der Waals surface area contributed by atoms with E-state index in [1.165, 1.54) is 4.68 Å². The van der Waals surface area contributed by atoms with Gasteiger partial charge in [-0.1, -0.05) is 0 Å². The summed E-state index contributed by atoms with van der Waals surface area (Å²) < 4.78 is 32.7. The normalized spacial score (nSPS) is 16.0. The minimum atomic E-state index is -2.67. The molecule has 6 nitrogen and oxygen atoms in total. The second-order valence-corrected chi connectivity index (χ2v) is 6.77. The minimum Gasteiger partial charge on any atom is -0.468 e. The highest BCUT2D eigenvalue weighted by molar-refractivity contribution is 9.10. The topological polar surface area (TPSA) is 54.5 Å². The zero-order chi connectivity index (χ0) is 18.0. The Labute approximate surface area is 152 Å². The summed E-state index contributed by atoms with van der Waals surface area (Å²) in [4.78, 5) is 16.4. The van der Waals surface area contributed by atoms with Gasteiger partial charge in [0.15, 0.2) is 0 Å². The third-order valence-corrected chi connectivity index (χ3v) is 5.31. The molecule has 25 heavy (non-hydrogen) atoms. The Balaban J connectivity index is 1.55. The van der Waals surface area contributed by atoms with Crippen LogP contribution in [0.2, 0.25) is 0 Å². The smallest absolute Gasteiger partial charge is 0.283 e. The Bertz CT molecular complexity index is 725. The molecular formula is C16H19BrF2N4O2. The summed E-state index contributed by atoms with van der Waals surface area (Å²) in [6.07, 6.45) is -1.03. The lowest BCUT2D eigenvalue weighted by Crippen LogP contribution is -2.49. The quantitative estimate of drug-likeness (QED) is 0.751. The fraction of sp³-hybridized carbons (Fsp3) is 0.500. The van der Waals surface area contributed by atoms with Gasteiger partial charge in [-0.25, -0.2) is 8.78 Å². The van der Waals surface area contributed by atoms with Crippen molar-refractivity contribution in [2.24, 2.45) is 0 Å². The van der Waals surface area contributed by atoms with Crippen molar-refractivity contribution in [2.75, 3.05) is 26.2 Å². The van der Waals surface area contributed by atoms with Crippen molar-refractivity contribution in [3.8, 4) is 0 Å². The monoisotopic (exact) mass is 416 g/mol. The molecule has 1 amide bonds. The highest BCUT2D eigenvalue weighted by atomic mass is 79.9. The van der Waals surface area contributed by atoms with Crippen LogP contribution in [-0.2, 0) is 17.9 Å². The maximum Gasteiger partial charge on any atom is 0.283 e. The largest absolute Gasteiger partial charge is 0.468 e. The first-order chi connectivity index (χ1) is 12.0. The maximum absolute atomic E-state index is 12.9. The van der Waals surface area contributed by atoms with Crippen LogP contribution in [0.15, 0.2) is 27.3 Å². The minimum absolute atomic E-state index is 0.0324. The molecule has 1 aliphatic heterocycles. The Kier molecular flexibility index (Phi) is 5.53. The van der Waals surface area contributed by atoms with Crippen molar-refractivity contribution in [2.45, 2.75) is 26.4 Å². The first kappa shape index (κ1) is 18.1. The molecule has 3 rings (SSSR count). The van der Waals surface area contributed by atoms with Gasteiger partial charge < -0.3 is 9.32 Å². The molecule has 0 N–H and O–H groups in total. The molecule has 0 spiro atoms. The van der Waals surface area contributed by atoms with E-state index in [4.69, 9.17) is 4.42 Å². The van der Waals surface area contributed by atoms with Crippen LogP contribution in [-0.4, -0.2) is 51.7 Å². The molecule has 136 valence electrons. The maximum atomic E-state index is 12.9. The van der Waals surface area contributed by atoms with E-state index in [1.54, 1.807) is 18.1 Å². The Morgan fingerprint density at radius 2 is 2.08 bits per heavy atom. The lowest BCUT2D eigenvalue weighted by Gasteiger charge is -2.34. The fourth-order valence-electron chi connectivity index (χ4n) is 2.85. The Morgan fingerprint density at radius 3 is 2.64 bits per heavy atom. The molecule has 0 aromatic carbocycles. The number of furan rings is 1. The molecule has 1 aliphatic rings. The van der Waals surface area contributed by atoms with Crippen LogP contribution in [0.3, 0.4) is 0 Å². The molecule has 0 radical (unpaired) electrons. The van der Waals surface area contributed by atoms with Crippen LogP contribution >= 0.6 is 15.9 Å². The second kappa shape index (κ2) is 7.65. The van der Waals surface area contributed by atoms with E-state index in [9.17, 15) is 13.6 Å². The van der Waals surface area contributed by atoms with Crippen LogP contribution in [0.5, 0.6) is 0 Å². The molecule has 3 heterocycles. The molecule has 2 aromatic heterocycles. The molecule has 0 saturated carbocycles. The van der Waals surface area contributed by atoms with Gasteiger partial charge in [-0.05, 0) is 35.0 Å². The van der Waals surface area contributed by atoms with Crippen LogP contribution in [0.25, 0.3) is 0 Å². The molecular weight excluding hydrogens is 398 g/mol. The average molecular weight is 417 g/mol. The van der Waals surface area contributed by atoms with E-state index < -0.39 is 6.43 Å². The zero-order valence-corrected chi connectivity index (χ0v) is 15.4. The van der Waals surface area contributed by atoms with E-state index in [1.807, 2.05) is 12.1 Å². The van der Waals surface area contributed by atoms with E-state index >= 15 is 0 Å². The van der Waals surface area contributed by atoms with Gasteiger partial charge in [-0.2, -0.15) is 5.10 Å². The predicted molar refractivity (Wildman–Crippen MR) is 90.2 cm³/mol. The SMILES string of the molecule is Cc1c(Br)c(C(F)F)nn1CC(=O)N1CCN(Cc2ccco2)CC1. The van der Waals surface area contributed by atoms with E-state index in [2.05, 4.69) is 25.9 Å². The number of aromatic nitrogens is 2. The highest BCUT2D eigenvalue weighted by Gasteiger charge is 2.25. The summed E-state index contributed by atoms with van der Waals surface area (Å²) in [5.41, 5.74) is 0.202. The van der Waals surface area contributed by atoms with Gasteiger partial charge in [-0.3, -0.25) is 14.4 Å². The highest BCUT2D eigenvalue weighted by Crippen LogP contribution is 2.29. The number of carbonyl (C=O) groups excluding carboxylic acids is 1. The van der Waals surface area contributed by atoms with Crippen molar-refractivity contribution in [3.63, 3.8) is 0 Å². The van der Waals surface area contributed by atoms with Crippen molar-refractivity contribution < 1.29 is 18.0 Å². The number of halogens is 3. The van der Waals surface area contributed by atoms with Gasteiger partial charge in [0, 0.05) is 26.2 Å². The van der Waals surface area contributed by atoms with Crippen LogP contribution in [0, 0.1) is 6.92 Å². The van der Waals surface area contributed by atoms with Crippen molar-refractivity contribution in [3.05, 3.63) is 40.0 Å². The van der Waals surface area contributed by atoms with Gasteiger partial charge in [-0.15, -0.1) is 0 Å².